The topological polar surface area (TPSA) is 36.4 Å². The van der Waals surface area contributed by atoms with Gasteiger partial charge in [0.05, 0.1) is 0 Å². The summed E-state index contributed by atoms with van der Waals surface area (Å²) in [6.07, 6.45) is 9.66. The lowest BCUT2D eigenvalue weighted by Gasteiger charge is -2.28. The molecular formula is C14H27N3. The maximum absolute atomic E-state index is 4.31. The molecule has 0 unspecified atom stereocenters. The van der Waals surface area contributed by atoms with Crippen LogP contribution in [0.4, 0.5) is 0 Å². The Balaban J connectivity index is 1.73. The fourth-order valence-electron chi connectivity index (χ4n) is 2.84. The quantitative estimate of drug-likeness (QED) is 0.569. The molecule has 0 aromatic carbocycles. The zero-order chi connectivity index (χ0) is 12.1. The summed E-state index contributed by atoms with van der Waals surface area (Å²) in [4.78, 5) is 4.31. The van der Waals surface area contributed by atoms with E-state index in [4.69, 9.17) is 0 Å². The van der Waals surface area contributed by atoms with Crippen molar-refractivity contribution in [3.8, 4) is 0 Å². The third-order valence-corrected chi connectivity index (χ3v) is 4.52. The van der Waals surface area contributed by atoms with Crippen molar-refractivity contribution in [2.24, 2.45) is 16.3 Å². The van der Waals surface area contributed by atoms with Gasteiger partial charge in [0.25, 0.3) is 0 Å². The number of nitrogens with zero attached hydrogens (tertiary/aromatic N) is 1. The maximum Gasteiger partial charge on any atom is 0.191 e. The van der Waals surface area contributed by atoms with Crippen LogP contribution in [0.5, 0.6) is 0 Å². The largest absolute Gasteiger partial charge is 0.356 e. The number of rotatable bonds is 5. The molecule has 0 aromatic heterocycles. The van der Waals surface area contributed by atoms with Gasteiger partial charge in [0.1, 0.15) is 0 Å². The van der Waals surface area contributed by atoms with Crippen molar-refractivity contribution < 1.29 is 0 Å². The van der Waals surface area contributed by atoms with Gasteiger partial charge in [0, 0.05) is 20.1 Å². The lowest BCUT2D eigenvalue weighted by molar-refractivity contribution is 0.283. The van der Waals surface area contributed by atoms with Gasteiger partial charge in [-0.1, -0.05) is 19.8 Å². The summed E-state index contributed by atoms with van der Waals surface area (Å²) < 4.78 is 0. The Kier molecular flexibility index (Phi) is 4.30. The third kappa shape index (κ3) is 3.62. The summed E-state index contributed by atoms with van der Waals surface area (Å²) in [7, 11) is 1.87. The normalized spacial score (nSPS) is 23.8. The van der Waals surface area contributed by atoms with Gasteiger partial charge >= 0.3 is 0 Å². The Bertz CT molecular complexity index is 263. The first-order valence-electron chi connectivity index (χ1n) is 7.22. The van der Waals surface area contributed by atoms with Crippen LogP contribution in [-0.2, 0) is 0 Å². The predicted octanol–water partition coefficient (Wildman–Crippen LogP) is 2.53. The molecule has 0 spiro atoms. The molecule has 3 heteroatoms. The smallest absolute Gasteiger partial charge is 0.191 e. The number of aliphatic imine (C=N–C) groups is 1. The van der Waals surface area contributed by atoms with Crippen molar-refractivity contribution in [1.82, 2.24) is 10.6 Å². The van der Waals surface area contributed by atoms with Crippen LogP contribution in [0.1, 0.15) is 51.9 Å². The summed E-state index contributed by atoms with van der Waals surface area (Å²) in [5, 5.41) is 6.96. The molecule has 17 heavy (non-hydrogen) atoms. The van der Waals surface area contributed by atoms with Crippen molar-refractivity contribution in [3.05, 3.63) is 0 Å². The number of hydrogen-bond acceptors (Lipinski definition) is 1. The Morgan fingerprint density at radius 3 is 2.47 bits per heavy atom. The van der Waals surface area contributed by atoms with E-state index in [0.29, 0.717) is 5.41 Å². The summed E-state index contributed by atoms with van der Waals surface area (Å²) in [6, 6.07) is 0. The molecule has 0 aliphatic heterocycles. The molecule has 2 rings (SSSR count). The van der Waals surface area contributed by atoms with E-state index in [9.17, 15) is 0 Å². The zero-order valence-electron chi connectivity index (χ0n) is 11.4. The van der Waals surface area contributed by atoms with Crippen LogP contribution >= 0.6 is 0 Å². The van der Waals surface area contributed by atoms with E-state index in [-0.39, 0.29) is 0 Å². The highest BCUT2D eigenvalue weighted by molar-refractivity contribution is 5.79. The Hall–Kier alpha value is -0.730. The second kappa shape index (κ2) is 5.74. The molecule has 0 saturated heterocycles. The van der Waals surface area contributed by atoms with Crippen LogP contribution in [-0.4, -0.2) is 26.1 Å². The lowest BCUT2D eigenvalue weighted by atomic mass is 9.83. The Labute approximate surface area is 105 Å². The standard InChI is InChI=1S/C14H27N3/c1-3-14(8-4-5-9-14)11-17-13(15-2)16-10-12-6-7-12/h12H,3-11H2,1-2H3,(H2,15,16,17). The van der Waals surface area contributed by atoms with Gasteiger partial charge in [-0.15, -0.1) is 0 Å². The Morgan fingerprint density at radius 1 is 1.24 bits per heavy atom. The number of guanidine groups is 1. The molecule has 3 nitrogen and oxygen atoms in total. The molecule has 2 fully saturated rings. The Morgan fingerprint density at radius 2 is 1.94 bits per heavy atom. The van der Waals surface area contributed by atoms with E-state index < -0.39 is 0 Å². The van der Waals surface area contributed by atoms with Crippen LogP contribution < -0.4 is 10.6 Å². The van der Waals surface area contributed by atoms with Crippen molar-refractivity contribution >= 4 is 5.96 Å². The molecule has 2 N–H and O–H groups in total. The van der Waals surface area contributed by atoms with Crippen LogP contribution in [0, 0.1) is 11.3 Å². The van der Waals surface area contributed by atoms with Gasteiger partial charge in [-0.3, -0.25) is 4.99 Å². The predicted molar refractivity (Wildman–Crippen MR) is 73.3 cm³/mol. The molecule has 98 valence electrons. The maximum atomic E-state index is 4.31. The molecule has 2 aliphatic carbocycles. The summed E-state index contributed by atoms with van der Waals surface area (Å²) in [6.45, 7) is 4.51. The molecule has 2 aliphatic rings. The van der Waals surface area contributed by atoms with Crippen LogP contribution in [0.3, 0.4) is 0 Å². The third-order valence-electron chi connectivity index (χ3n) is 4.52. The molecule has 0 amide bonds. The van der Waals surface area contributed by atoms with Gasteiger partial charge in [0.2, 0.25) is 0 Å². The van der Waals surface area contributed by atoms with E-state index >= 15 is 0 Å². The van der Waals surface area contributed by atoms with E-state index in [1.54, 1.807) is 0 Å². The highest BCUT2D eigenvalue weighted by atomic mass is 15.2. The van der Waals surface area contributed by atoms with Gasteiger partial charge in [0.15, 0.2) is 5.96 Å². The molecule has 2 saturated carbocycles. The van der Waals surface area contributed by atoms with Gasteiger partial charge in [-0.25, -0.2) is 0 Å². The first-order valence-corrected chi connectivity index (χ1v) is 7.22. The van der Waals surface area contributed by atoms with Gasteiger partial charge in [-0.2, -0.15) is 0 Å². The van der Waals surface area contributed by atoms with E-state index in [0.717, 1.165) is 25.0 Å². The van der Waals surface area contributed by atoms with Crippen molar-refractivity contribution in [3.63, 3.8) is 0 Å². The molecular weight excluding hydrogens is 210 g/mol. The number of hydrogen-bond donors (Lipinski definition) is 2. The first-order chi connectivity index (χ1) is 8.28. The van der Waals surface area contributed by atoms with E-state index in [1.165, 1.54) is 44.9 Å². The minimum absolute atomic E-state index is 0.539. The minimum atomic E-state index is 0.539. The lowest BCUT2D eigenvalue weighted by Crippen LogP contribution is -2.43. The van der Waals surface area contributed by atoms with Crippen LogP contribution in [0.15, 0.2) is 4.99 Å². The fraction of sp³-hybridized carbons (Fsp3) is 0.929. The monoisotopic (exact) mass is 237 g/mol. The van der Waals surface area contributed by atoms with Crippen molar-refractivity contribution in [2.75, 3.05) is 20.1 Å². The average molecular weight is 237 g/mol. The molecule has 0 atom stereocenters. The van der Waals surface area contributed by atoms with Gasteiger partial charge < -0.3 is 10.6 Å². The molecule has 0 aromatic rings. The minimum Gasteiger partial charge on any atom is -0.356 e. The second-order valence-corrected chi connectivity index (χ2v) is 5.81. The summed E-state index contributed by atoms with van der Waals surface area (Å²) in [5.74, 6) is 1.90. The molecule has 0 heterocycles. The SMILES string of the molecule is CCC1(CNC(=NC)NCC2CC2)CCCC1. The first kappa shape index (κ1) is 12.7. The molecule has 0 bridgehead atoms. The summed E-state index contributed by atoms with van der Waals surface area (Å²) >= 11 is 0. The van der Waals surface area contributed by atoms with Crippen LogP contribution in [0.25, 0.3) is 0 Å². The fourth-order valence-corrected chi connectivity index (χ4v) is 2.84. The van der Waals surface area contributed by atoms with E-state index in [1.807, 2.05) is 7.05 Å². The highest BCUT2D eigenvalue weighted by Crippen LogP contribution is 2.40. The average Bonchev–Trinajstić information content (AvgIpc) is 3.07. The summed E-state index contributed by atoms with van der Waals surface area (Å²) in [5.41, 5.74) is 0.539. The van der Waals surface area contributed by atoms with Crippen molar-refractivity contribution in [2.45, 2.75) is 51.9 Å². The van der Waals surface area contributed by atoms with Gasteiger partial charge in [-0.05, 0) is 43.4 Å². The van der Waals surface area contributed by atoms with Crippen LogP contribution in [0.2, 0.25) is 0 Å². The number of nitrogens with one attached hydrogen (secondary N) is 2. The zero-order valence-corrected chi connectivity index (χ0v) is 11.4. The van der Waals surface area contributed by atoms with Crippen molar-refractivity contribution in [1.29, 1.82) is 0 Å². The second-order valence-electron chi connectivity index (χ2n) is 5.81. The van der Waals surface area contributed by atoms with E-state index in [2.05, 4.69) is 22.5 Å². The highest BCUT2D eigenvalue weighted by Gasteiger charge is 2.32. The molecule has 0 radical (unpaired) electrons.